The van der Waals surface area contributed by atoms with Crippen molar-refractivity contribution in [3.63, 3.8) is 0 Å². The van der Waals surface area contributed by atoms with Crippen molar-refractivity contribution < 1.29 is 52.7 Å². The lowest BCUT2D eigenvalue weighted by molar-refractivity contribution is -0.148. The van der Waals surface area contributed by atoms with E-state index in [1.165, 1.54) is 0 Å². The molecule has 14 heteroatoms. The maximum absolute atomic E-state index is 12.7. The number of sulfone groups is 2. The van der Waals surface area contributed by atoms with Crippen LogP contribution >= 0.6 is 0 Å². The molecule has 0 heterocycles. The molecular weight excluding hydrogens is 478 g/mol. The molecule has 0 spiro atoms. The highest BCUT2D eigenvalue weighted by molar-refractivity contribution is 8.09. The van der Waals surface area contributed by atoms with Gasteiger partial charge in [0.2, 0.25) is 0 Å². The summed E-state index contributed by atoms with van der Waals surface area (Å²) in [5, 5.41) is 0. The fourth-order valence-corrected chi connectivity index (χ4v) is 6.65. The summed E-state index contributed by atoms with van der Waals surface area (Å²) in [4.78, 5) is 11.9. The zero-order valence-corrected chi connectivity index (χ0v) is 18.4. The Morgan fingerprint density at radius 1 is 0.968 bits per heavy atom. The lowest BCUT2D eigenvalue weighted by Crippen LogP contribution is -2.45. The summed E-state index contributed by atoms with van der Waals surface area (Å²) in [7, 11) is -13.4. The van der Waals surface area contributed by atoms with Crippen molar-refractivity contribution in [1.29, 1.82) is 0 Å². The number of halogens is 6. The van der Waals surface area contributed by atoms with Crippen molar-refractivity contribution in [2.45, 2.75) is 74.1 Å². The number of rotatable bonds is 10. The zero-order valence-electron chi connectivity index (χ0n) is 16.7. The summed E-state index contributed by atoms with van der Waals surface area (Å²) < 4.78 is 123. The second-order valence-electron chi connectivity index (χ2n) is 7.38. The molecule has 1 rings (SSSR count). The van der Waals surface area contributed by atoms with E-state index in [1.807, 2.05) is 19.1 Å². The second kappa shape index (κ2) is 10.1. The second-order valence-corrected chi connectivity index (χ2v) is 11.9. The van der Waals surface area contributed by atoms with Crippen molar-refractivity contribution in [3.8, 4) is 0 Å². The lowest BCUT2D eigenvalue weighted by Gasteiger charge is -2.22. The Balaban J connectivity index is 2.76. The molecule has 31 heavy (non-hydrogen) atoms. The summed E-state index contributed by atoms with van der Waals surface area (Å²) >= 11 is 0. The molecule has 0 fully saturated rings. The van der Waals surface area contributed by atoms with Crippen molar-refractivity contribution >= 4 is 25.6 Å². The van der Waals surface area contributed by atoms with E-state index in [-0.39, 0.29) is 12.3 Å². The first-order chi connectivity index (χ1) is 13.9. The van der Waals surface area contributed by atoms with E-state index < -0.39 is 60.2 Å². The third-order valence-corrected chi connectivity index (χ3v) is 9.65. The summed E-state index contributed by atoms with van der Waals surface area (Å²) in [5.41, 5.74) is -12.4. The van der Waals surface area contributed by atoms with Gasteiger partial charge in [0.25, 0.3) is 19.7 Å². The Bertz CT molecular complexity index is 817. The van der Waals surface area contributed by atoms with Crippen LogP contribution in [0.15, 0.2) is 12.2 Å². The monoisotopic (exact) mass is 502 g/mol. The van der Waals surface area contributed by atoms with E-state index in [0.29, 0.717) is 12.3 Å². The number of carbonyl (C=O) groups excluding carboxylic acids is 1. The van der Waals surface area contributed by atoms with Crippen LogP contribution in [0.4, 0.5) is 26.3 Å². The minimum Gasteiger partial charge on any atom is -0.463 e. The molecule has 0 N–H and O–H groups in total. The topological polar surface area (TPSA) is 94.6 Å². The summed E-state index contributed by atoms with van der Waals surface area (Å²) in [6.45, 7) is 3.14. The molecule has 0 aromatic heterocycles. The van der Waals surface area contributed by atoms with Crippen LogP contribution in [0.25, 0.3) is 0 Å². The average molecular weight is 502 g/mol. The van der Waals surface area contributed by atoms with Gasteiger partial charge in [-0.2, -0.15) is 26.3 Å². The maximum atomic E-state index is 12.7. The molecule has 0 bridgehead atoms. The van der Waals surface area contributed by atoms with E-state index in [4.69, 9.17) is 4.74 Å². The van der Waals surface area contributed by atoms with Gasteiger partial charge >= 0.3 is 17.0 Å². The summed E-state index contributed by atoms with van der Waals surface area (Å²) in [6.07, 6.45) is 2.50. The van der Waals surface area contributed by atoms with Gasteiger partial charge in [0.05, 0.1) is 6.10 Å². The molecule has 0 amide bonds. The van der Waals surface area contributed by atoms with Crippen molar-refractivity contribution in [2.75, 3.05) is 0 Å². The van der Waals surface area contributed by atoms with Gasteiger partial charge in [-0.15, -0.1) is 0 Å². The molecule has 3 unspecified atom stereocenters. The SMILES string of the molecule is CCC1C=CC(CCC(=O)OC(C)CCC(S(=O)(=O)C(F)(F)F)S(=O)(=O)C(F)(F)F)C1. The van der Waals surface area contributed by atoms with E-state index in [9.17, 15) is 48.0 Å². The van der Waals surface area contributed by atoms with Gasteiger partial charge in [-0.1, -0.05) is 19.1 Å². The highest BCUT2D eigenvalue weighted by Crippen LogP contribution is 2.38. The molecule has 3 atom stereocenters. The van der Waals surface area contributed by atoms with E-state index in [0.717, 1.165) is 19.8 Å². The number of ether oxygens (including phenoxy) is 1. The van der Waals surface area contributed by atoms with Gasteiger partial charge in [-0.05, 0) is 50.9 Å². The summed E-state index contributed by atoms with van der Waals surface area (Å²) in [6, 6.07) is 0. The fraction of sp³-hybridized carbons (Fsp3) is 0.824. The molecule has 0 aliphatic heterocycles. The first-order valence-corrected chi connectivity index (χ1v) is 12.5. The molecule has 1 aliphatic carbocycles. The Labute approximate surface area is 176 Å². The van der Waals surface area contributed by atoms with Gasteiger partial charge in [0, 0.05) is 6.42 Å². The van der Waals surface area contributed by atoms with Crippen molar-refractivity contribution in [2.24, 2.45) is 11.8 Å². The van der Waals surface area contributed by atoms with Crippen LogP contribution in [0.3, 0.4) is 0 Å². The number of hydrogen-bond donors (Lipinski definition) is 0. The van der Waals surface area contributed by atoms with E-state index >= 15 is 0 Å². The molecule has 1 aliphatic rings. The van der Waals surface area contributed by atoms with Crippen LogP contribution in [-0.4, -0.2) is 44.5 Å². The normalized spacial score (nSPS) is 21.5. The third-order valence-electron chi connectivity index (χ3n) is 4.98. The van der Waals surface area contributed by atoms with Crippen LogP contribution in [0.1, 0.15) is 52.4 Å². The predicted octanol–water partition coefficient (Wildman–Crippen LogP) is 4.28. The third kappa shape index (κ3) is 7.09. The van der Waals surface area contributed by atoms with Crippen molar-refractivity contribution in [3.05, 3.63) is 12.2 Å². The quantitative estimate of drug-likeness (QED) is 0.252. The minimum atomic E-state index is -6.69. The number of alkyl halides is 6. The van der Waals surface area contributed by atoms with Gasteiger partial charge in [-0.25, -0.2) is 16.8 Å². The number of carbonyl (C=O) groups is 1. The van der Waals surface area contributed by atoms with Crippen LogP contribution in [0, 0.1) is 11.8 Å². The van der Waals surface area contributed by atoms with Gasteiger partial charge < -0.3 is 4.74 Å². The van der Waals surface area contributed by atoms with Crippen LogP contribution in [-0.2, 0) is 29.2 Å². The molecule has 0 radical (unpaired) electrons. The zero-order chi connectivity index (χ0) is 24.3. The van der Waals surface area contributed by atoms with Gasteiger partial charge in [-0.3, -0.25) is 4.79 Å². The number of esters is 1. The number of allylic oxidation sites excluding steroid dienone is 2. The standard InChI is InChI=1S/C17H24F6O6S2/c1-3-12-5-6-13(10-12)7-8-14(24)29-11(2)4-9-15(30(25,26)16(18,19)20)31(27,28)17(21,22)23/h5-6,11-13,15H,3-4,7-10H2,1-2H3. The Hall–Kier alpha value is -1.31. The smallest absolute Gasteiger partial charge is 0.463 e. The Morgan fingerprint density at radius 3 is 1.87 bits per heavy atom. The molecule has 0 saturated carbocycles. The molecule has 0 aromatic carbocycles. The largest absolute Gasteiger partial charge is 0.498 e. The predicted molar refractivity (Wildman–Crippen MR) is 98.8 cm³/mol. The Morgan fingerprint density at radius 2 is 1.45 bits per heavy atom. The van der Waals surface area contributed by atoms with Gasteiger partial charge in [0.1, 0.15) is 0 Å². The van der Waals surface area contributed by atoms with Crippen LogP contribution in [0.5, 0.6) is 0 Å². The molecule has 6 nitrogen and oxygen atoms in total. The molecule has 182 valence electrons. The maximum Gasteiger partial charge on any atom is 0.498 e. The first-order valence-electron chi connectivity index (χ1n) is 9.41. The van der Waals surface area contributed by atoms with Gasteiger partial charge in [0.15, 0.2) is 4.58 Å². The van der Waals surface area contributed by atoms with Crippen molar-refractivity contribution in [1.82, 2.24) is 0 Å². The Kier molecular flexibility index (Phi) is 9.02. The molecular formula is C17H24F6O6S2. The fourth-order valence-electron chi connectivity index (χ4n) is 3.17. The van der Waals surface area contributed by atoms with Crippen LogP contribution < -0.4 is 0 Å². The van der Waals surface area contributed by atoms with E-state index in [2.05, 4.69) is 0 Å². The lowest BCUT2D eigenvalue weighted by atomic mass is 9.97. The minimum absolute atomic E-state index is 0.0547. The average Bonchev–Trinajstić information content (AvgIpc) is 3.05. The summed E-state index contributed by atoms with van der Waals surface area (Å²) in [5.74, 6) is -0.219. The van der Waals surface area contributed by atoms with E-state index in [1.54, 1.807) is 0 Å². The number of hydrogen-bond acceptors (Lipinski definition) is 6. The highest BCUT2D eigenvalue weighted by Gasteiger charge is 2.62. The highest BCUT2D eigenvalue weighted by atomic mass is 32.3. The molecule has 0 saturated heterocycles. The van der Waals surface area contributed by atoms with Crippen LogP contribution in [0.2, 0.25) is 0 Å². The molecule has 0 aromatic rings. The first kappa shape index (κ1) is 27.7.